The molecule has 0 radical (unpaired) electrons. The summed E-state index contributed by atoms with van der Waals surface area (Å²) in [7, 11) is 0. The molecule has 1 N–H and O–H groups in total. The summed E-state index contributed by atoms with van der Waals surface area (Å²) in [4.78, 5) is 11.1. The number of thiocarbonyl (C=S) groups is 1. The summed E-state index contributed by atoms with van der Waals surface area (Å²) < 4.78 is 0. The molecule has 0 bridgehead atoms. The number of hydrogen-bond donors (Lipinski definition) is 1. The Bertz CT molecular complexity index is 250. The van der Waals surface area contributed by atoms with Crippen molar-refractivity contribution >= 4 is 34.1 Å². The van der Waals surface area contributed by atoms with Gasteiger partial charge in [0.1, 0.15) is 4.87 Å². The fraction of sp³-hybridized carbons (Fsp3) is 0.500. The summed E-state index contributed by atoms with van der Waals surface area (Å²) in [6, 6.07) is 0. The fourth-order valence-corrected chi connectivity index (χ4v) is 2.54. The molecule has 1 rings (SSSR count). The van der Waals surface area contributed by atoms with Crippen molar-refractivity contribution in [2.24, 2.45) is 0 Å². The summed E-state index contributed by atoms with van der Waals surface area (Å²) >= 11 is 6.07. The molecule has 1 atom stereocenters. The highest BCUT2D eigenvalue weighted by Crippen LogP contribution is 2.31. The van der Waals surface area contributed by atoms with Gasteiger partial charge >= 0.3 is 0 Å². The topological polar surface area (TPSA) is 29.1 Å². The van der Waals surface area contributed by atoms with Gasteiger partial charge in [0.2, 0.25) is 5.12 Å². The van der Waals surface area contributed by atoms with Gasteiger partial charge in [0, 0.05) is 0 Å². The summed E-state index contributed by atoms with van der Waals surface area (Å²) in [6.07, 6.45) is 2.01. The van der Waals surface area contributed by atoms with Crippen LogP contribution in [-0.2, 0) is 4.79 Å². The van der Waals surface area contributed by atoms with Gasteiger partial charge in [-0.15, -0.1) is 0 Å². The van der Waals surface area contributed by atoms with Crippen molar-refractivity contribution in [1.29, 1.82) is 0 Å². The Morgan fingerprint density at radius 1 is 1.67 bits per heavy atom. The van der Waals surface area contributed by atoms with Crippen molar-refractivity contribution in [3.05, 3.63) is 11.6 Å². The molecule has 0 saturated carbocycles. The molecule has 1 heterocycles. The van der Waals surface area contributed by atoms with Gasteiger partial charge < -0.3 is 5.32 Å². The summed E-state index contributed by atoms with van der Waals surface area (Å²) in [5.41, 5.74) is 1.18. The molecule has 0 amide bonds. The highest BCUT2D eigenvalue weighted by molar-refractivity contribution is 8.19. The molecule has 0 aliphatic carbocycles. The van der Waals surface area contributed by atoms with Gasteiger partial charge in [0.25, 0.3) is 0 Å². The van der Waals surface area contributed by atoms with E-state index in [-0.39, 0.29) is 9.99 Å². The largest absolute Gasteiger partial charge is 0.355 e. The van der Waals surface area contributed by atoms with Crippen molar-refractivity contribution in [1.82, 2.24) is 5.32 Å². The Morgan fingerprint density at radius 3 is 2.58 bits per heavy atom. The van der Waals surface area contributed by atoms with E-state index in [9.17, 15) is 4.79 Å². The van der Waals surface area contributed by atoms with Crippen LogP contribution in [-0.4, -0.2) is 15.0 Å². The molecule has 0 aromatic carbocycles. The van der Waals surface area contributed by atoms with Crippen molar-refractivity contribution in [3.63, 3.8) is 0 Å². The lowest BCUT2D eigenvalue weighted by molar-refractivity contribution is -0.105. The van der Waals surface area contributed by atoms with E-state index in [2.05, 4.69) is 5.32 Å². The number of hydrogen-bond acceptors (Lipinski definition) is 3. The normalized spacial score (nSPS) is 28.6. The van der Waals surface area contributed by atoms with Crippen molar-refractivity contribution in [2.45, 2.75) is 25.6 Å². The van der Waals surface area contributed by atoms with Gasteiger partial charge in [-0.2, -0.15) is 0 Å². The molecule has 1 aliphatic heterocycles. The first-order valence-corrected chi connectivity index (χ1v) is 4.87. The summed E-state index contributed by atoms with van der Waals surface area (Å²) in [5, 5.41) is 2.94. The maximum atomic E-state index is 11.1. The number of thioether (sulfide) groups is 1. The monoisotopic (exact) mass is 201 g/mol. The highest BCUT2D eigenvalue weighted by Gasteiger charge is 2.36. The van der Waals surface area contributed by atoms with Crippen LogP contribution >= 0.6 is 24.0 Å². The van der Waals surface area contributed by atoms with E-state index in [4.69, 9.17) is 12.2 Å². The zero-order valence-electron chi connectivity index (χ0n) is 7.30. The maximum absolute atomic E-state index is 11.1. The van der Waals surface area contributed by atoms with Crippen LogP contribution in [0, 0.1) is 0 Å². The Morgan fingerprint density at radius 2 is 2.25 bits per heavy atom. The average Bonchev–Trinajstić information content (AvgIpc) is 2.04. The van der Waals surface area contributed by atoms with E-state index < -0.39 is 0 Å². The third-order valence-electron chi connectivity index (χ3n) is 1.42. The SMILES string of the molecule is CC(C)=CC1(C)NC(=S)C(=O)S1. The Hall–Kier alpha value is -0.350. The van der Waals surface area contributed by atoms with Crippen LogP contribution in [0.25, 0.3) is 0 Å². The molecule has 4 heteroatoms. The molecule has 0 spiro atoms. The summed E-state index contributed by atoms with van der Waals surface area (Å²) in [6.45, 7) is 5.94. The fourth-order valence-electron chi connectivity index (χ4n) is 1.16. The van der Waals surface area contributed by atoms with Gasteiger partial charge in [0.05, 0.1) is 0 Å². The Labute approximate surface area is 81.8 Å². The maximum Gasteiger partial charge on any atom is 0.248 e. The molecule has 0 aromatic rings. The second-order valence-corrected chi connectivity index (χ2v) is 5.00. The lowest BCUT2D eigenvalue weighted by atomic mass is 10.2. The molecule has 1 fully saturated rings. The highest BCUT2D eigenvalue weighted by atomic mass is 32.2. The van der Waals surface area contributed by atoms with Gasteiger partial charge in [-0.3, -0.25) is 4.79 Å². The Balaban J connectivity index is 2.84. The zero-order chi connectivity index (χ0) is 9.35. The molecule has 1 unspecified atom stereocenters. The smallest absolute Gasteiger partial charge is 0.248 e. The molecule has 2 nitrogen and oxygen atoms in total. The number of rotatable bonds is 1. The average molecular weight is 201 g/mol. The van der Waals surface area contributed by atoms with Gasteiger partial charge in [-0.25, -0.2) is 0 Å². The molecular formula is C8H11NOS2. The number of carbonyl (C=O) groups is 1. The van der Waals surface area contributed by atoms with E-state index in [1.807, 2.05) is 26.8 Å². The summed E-state index contributed by atoms with van der Waals surface area (Å²) in [5.74, 6) is 0. The minimum atomic E-state index is -0.326. The Kier molecular flexibility index (Phi) is 2.58. The first kappa shape index (κ1) is 9.74. The molecule has 1 saturated heterocycles. The molecule has 12 heavy (non-hydrogen) atoms. The third kappa shape index (κ3) is 2.08. The van der Waals surface area contributed by atoms with Crippen molar-refractivity contribution < 1.29 is 4.79 Å². The van der Waals surface area contributed by atoms with Crippen LogP contribution in [0.15, 0.2) is 11.6 Å². The minimum Gasteiger partial charge on any atom is -0.355 e. The molecular weight excluding hydrogens is 190 g/mol. The first-order valence-electron chi connectivity index (χ1n) is 3.64. The van der Waals surface area contributed by atoms with E-state index in [1.54, 1.807) is 0 Å². The second-order valence-electron chi connectivity index (χ2n) is 3.17. The standard InChI is InChI=1S/C8H11NOS2/c1-5(2)4-8(3)9-6(11)7(10)12-8/h4H,1-3H3,(H,9,11). The number of carbonyl (C=O) groups excluding carboxylic acids is 1. The van der Waals surface area contributed by atoms with Crippen LogP contribution in [0.3, 0.4) is 0 Å². The van der Waals surface area contributed by atoms with Crippen LogP contribution in [0.5, 0.6) is 0 Å². The van der Waals surface area contributed by atoms with E-state index >= 15 is 0 Å². The molecule has 0 aromatic heterocycles. The first-order chi connectivity index (χ1) is 5.43. The third-order valence-corrected chi connectivity index (χ3v) is 2.87. The van der Waals surface area contributed by atoms with E-state index in [0.717, 1.165) is 0 Å². The van der Waals surface area contributed by atoms with Crippen molar-refractivity contribution in [3.8, 4) is 0 Å². The molecule has 66 valence electrons. The number of nitrogens with one attached hydrogen (secondary N) is 1. The lowest BCUT2D eigenvalue weighted by Gasteiger charge is -2.17. The van der Waals surface area contributed by atoms with E-state index in [0.29, 0.717) is 4.99 Å². The van der Waals surface area contributed by atoms with Crippen LogP contribution in [0.1, 0.15) is 20.8 Å². The van der Waals surface area contributed by atoms with Crippen LogP contribution in [0.2, 0.25) is 0 Å². The minimum absolute atomic E-state index is 0.0370. The van der Waals surface area contributed by atoms with Gasteiger partial charge in [-0.1, -0.05) is 23.9 Å². The number of allylic oxidation sites excluding steroid dienone is 1. The predicted octanol–water partition coefficient (Wildman–Crippen LogP) is 1.86. The van der Waals surface area contributed by atoms with E-state index in [1.165, 1.54) is 17.3 Å². The quantitative estimate of drug-likeness (QED) is 0.518. The van der Waals surface area contributed by atoms with Gasteiger partial charge in [0.15, 0.2) is 4.99 Å². The second kappa shape index (κ2) is 3.18. The molecule has 1 aliphatic rings. The van der Waals surface area contributed by atoms with Crippen LogP contribution < -0.4 is 5.32 Å². The predicted molar refractivity (Wildman–Crippen MR) is 56.2 cm³/mol. The van der Waals surface area contributed by atoms with Crippen molar-refractivity contribution in [2.75, 3.05) is 0 Å². The van der Waals surface area contributed by atoms with Crippen LogP contribution in [0.4, 0.5) is 0 Å². The lowest BCUT2D eigenvalue weighted by Crippen LogP contribution is -2.34. The zero-order valence-corrected chi connectivity index (χ0v) is 8.94. The van der Waals surface area contributed by atoms with Gasteiger partial charge in [-0.05, 0) is 32.5 Å².